The Balaban J connectivity index is 1.85. The van der Waals surface area contributed by atoms with E-state index in [4.69, 9.17) is 9.47 Å². The van der Waals surface area contributed by atoms with E-state index < -0.39 is 47.1 Å². The van der Waals surface area contributed by atoms with E-state index in [1.54, 1.807) is 11.0 Å². The maximum atomic E-state index is 14.8. The van der Waals surface area contributed by atoms with Gasteiger partial charge in [-0.2, -0.15) is 0 Å². The summed E-state index contributed by atoms with van der Waals surface area (Å²) in [6.07, 6.45) is 4.38. The van der Waals surface area contributed by atoms with E-state index in [1.807, 2.05) is 44.2 Å². The summed E-state index contributed by atoms with van der Waals surface area (Å²) in [5, 5.41) is 10.7. The first-order valence-corrected chi connectivity index (χ1v) is 14.2. The van der Waals surface area contributed by atoms with Crippen LogP contribution in [0.2, 0.25) is 0 Å². The Morgan fingerprint density at radius 3 is 2.45 bits per heavy atom. The quantitative estimate of drug-likeness (QED) is 0.329. The van der Waals surface area contributed by atoms with E-state index in [-0.39, 0.29) is 37.0 Å². The van der Waals surface area contributed by atoms with Gasteiger partial charge in [-0.3, -0.25) is 14.4 Å². The molecule has 2 bridgehead atoms. The van der Waals surface area contributed by atoms with Crippen molar-refractivity contribution in [2.24, 2.45) is 17.3 Å². The molecule has 1 N–H and O–H groups in total. The van der Waals surface area contributed by atoms with E-state index in [2.05, 4.69) is 33.9 Å². The number of aliphatic hydroxyl groups excluding tert-OH is 1. The number of amides is 2. The number of carbonyl (C=O) groups excluding carboxylic acids is 3. The number of esters is 1. The number of benzene rings is 1. The van der Waals surface area contributed by atoms with Gasteiger partial charge in [-0.15, -0.1) is 6.58 Å². The lowest BCUT2D eigenvalue weighted by molar-refractivity contribution is -0.157. The standard InChI is InChI=1S/C32H44N2O6/c1-8-17-33(31(6,7)20-30(3,4)5)28(37)26-32-16-15-23(40-32)24(29(38)39-18-9-2)25(32)27(36)34(26)22(19-35)21-13-11-10-12-14-21/h8-14,22-26,35H,1-2,15-20H2,3-7H3/t22-,23+,24-,25+,26?,32?/m1/s1. The van der Waals surface area contributed by atoms with Gasteiger partial charge in [0.15, 0.2) is 0 Å². The van der Waals surface area contributed by atoms with Crippen molar-refractivity contribution >= 4 is 17.8 Å². The molecule has 0 radical (unpaired) electrons. The van der Waals surface area contributed by atoms with Crippen LogP contribution in [0.1, 0.15) is 65.5 Å². The summed E-state index contributed by atoms with van der Waals surface area (Å²) < 4.78 is 12.0. The number of ether oxygens (including phenoxy) is 2. The first kappa shape index (κ1) is 30.0. The molecule has 3 saturated heterocycles. The summed E-state index contributed by atoms with van der Waals surface area (Å²) in [5.74, 6) is -2.86. The van der Waals surface area contributed by atoms with E-state index in [1.165, 1.54) is 11.0 Å². The molecule has 0 aromatic heterocycles. The second kappa shape index (κ2) is 11.1. The number of hydrogen-bond donors (Lipinski definition) is 1. The molecule has 2 unspecified atom stereocenters. The van der Waals surface area contributed by atoms with Crippen LogP contribution in [0.5, 0.6) is 0 Å². The molecule has 3 fully saturated rings. The van der Waals surface area contributed by atoms with Crippen molar-refractivity contribution in [1.82, 2.24) is 9.80 Å². The van der Waals surface area contributed by atoms with Gasteiger partial charge in [-0.25, -0.2) is 0 Å². The van der Waals surface area contributed by atoms with E-state index in [0.29, 0.717) is 24.8 Å². The molecule has 1 aromatic carbocycles. The van der Waals surface area contributed by atoms with Gasteiger partial charge in [0.25, 0.3) is 0 Å². The summed E-state index contributed by atoms with van der Waals surface area (Å²) in [7, 11) is 0. The fourth-order valence-corrected chi connectivity index (χ4v) is 7.55. The average molecular weight is 553 g/mol. The lowest BCUT2D eigenvalue weighted by atomic mass is 9.70. The molecule has 1 aromatic rings. The monoisotopic (exact) mass is 552 g/mol. The van der Waals surface area contributed by atoms with Crippen LogP contribution >= 0.6 is 0 Å². The highest BCUT2D eigenvalue weighted by molar-refractivity contribution is 5.98. The Morgan fingerprint density at radius 1 is 1.20 bits per heavy atom. The molecular formula is C32H44N2O6. The highest BCUT2D eigenvalue weighted by Crippen LogP contribution is 2.60. The predicted molar refractivity (Wildman–Crippen MR) is 152 cm³/mol. The molecule has 2 amide bonds. The number of fused-ring (bicyclic) bond motifs is 1. The van der Waals surface area contributed by atoms with Crippen LogP contribution in [-0.4, -0.2) is 75.7 Å². The molecule has 3 heterocycles. The third-order valence-electron chi connectivity index (χ3n) is 8.55. The molecule has 8 heteroatoms. The van der Waals surface area contributed by atoms with Crippen molar-refractivity contribution in [3.63, 3.8) is 0 Å². The fourth-order valence-electron chi connectivity index (χ4n) is 7.55. The van der Waals surface area contributed by atoms with Gasteiger partial charge in [-0.1, -0.05) is 69.8 Å². The van der Waals surface area contributed by atoms with Crippen LogP contribution in [0.25, 0.3) is 0 Å². The largest absolute Gasteiger partial charge is 0.461 e. The first-order chi connectivity index (χ1) is 18.8. The maximum Gasteiger partial charge on any atom is 0.312 e. The van der Waals surface area contributed by atoms with Crippen LogP contribution in [0.4, 0.5) is 0 Å². The highest BCUT2D eigenvalue weighted by Gasteiger charge is 2.76. The number of carbonyl (C=O) groups is 3. The van der Waals surface area contributed by atoms with Crippen molar-refractivity contribution in [3.8, 4) is 0 Å². The molecule has 4 rings (SSSR count). The predicted octanol–water partition coefficient (Wildman–Crippen LogP) is 4.05. The second-order valence-corrected chi connectivity index (χ2v) is 13.1. The minimum Gasteiger partial charge on any atom is -0.461 e. The molecule has 0 aliphatic carbocycles. The molecule has 6 atom stereocenters. The third-order valence-corrected chi connectivity index (χ3v) is 8.55. The Labute approximate surface area is 238 Å². The fraction of sp³-hybridized carbons (Fsp3) is 0.594. The van der Waals surface area contributed by atoms with Crippen molar-refractivity contribution in [2.45, 2.75) is 83.2 Å². The maximum absolute atomic E-state index is 14.8. The average Bonchev–Trinajstić information content (AvgIpc) is 3.53. The SMILES string of the molecule is C=CCOC(=O)[C@@H]1[C@@H]2CCC3(O2)C(C(=O)N(CC=C)C(C)(C)CC(C)(C)C)N([C@H](CO)c2ccccc2)C(=O)[C@H]13. The molecule has 0 saturated carbocycles. The number of likely N-dealkylation sites (tertiary alicyclic amines) is 1. The van der Waals surface area contributed by atoms with Gasteiger partial charge in [0.05, 0.1) is 30.6 Å². The minimum atomic E-state index is -1.20. The zero-order valence-corrected chi connectivity index (χ0v) is 24.5. The van der Waals surface area contributed by atoms with Gasteiger partial charge in [0.1, 0.15) is 18.2 Å². The van der Waals surface area contributed by atoms with Crippen LogP contribution in [0.15, 0.2) is 55.6 Å². The van der Waals surface area contributed by atoms with Crippen molar-refractivity contribution in [1.29, 1.82) is 0 Å². The van der Waals surface area contributed by atoms with Gasteiger partial charge in [0.2, 0.25) is 11.8 Å². The Bertz CT molecular complexity index is 1140. The molecule has 3 aliphatic rings. The first-order valence-electron chi connectivity index (χ1n) is 14.2. The zero-order chi connectivity index (χ0) is 29.5. The Kier molecular flexibility index (Phi) is 8.35. The molecule has 40 heavy (non-hydrogen) atoms. The minimum absolute atomic E-state index is 0.0272. The van der Waals surface area contributed by atoms with Gasteiger partial charge in [-0.05, 0) is 44.1 Å². The van der Waals surface area contributed by atoms with Crippen molar-refractivity contribution in [2.75, 3.05) is 19.8 Å². The molecule has 1 spiro atoms. The Hall–Kier alpha value is -2.97. The van der Waals surface area contributed by atoms with Crippen LogP contribution < -0.4 is 0 Å². The van der Waals surface area contributed by atoms with Crippen molar-refractivity contribution in [3.05, 3.63) is 61.2 Å². The van der Waals surface area contributed by atoms with Gasteiger partial charge >= 0.3 is 5.97 Å². The van der Waals surface area contributed by atoms with Crippen LogP contribution in [0, 0.1) is 17.3 Å². The number of nitrogens with zero attached hydrogens (tertiary/aromatic N) is 2. The van der Waals surface area contributed by atoms with Crippen LogP contribution in [0.3, 0.4) is 0 Å². The molecule has 218 valence electrons. The number of hydrogen-bond acceptors (Lipinski definition) is 6. The molecule has 8 nitrogen and oxygen atoms in total. The van der Waals surface area contributed by atoms with Crippen LogP contribution in [-0.2, 0) is 23.9 Å². The lowest BCUT2D eigenvalue weighted by Crippen LogP contribution is -2.61. The van der Waals surface area contributed by atoms with Gasteiger partial charge < -0.3 is 24.4 Å². The topological polar surface area (TPSA) is 96.4 Å². The van der Waals surface area contributed by atoms with E-state index >= 15 is 0 Å². The molecular weight excluding hydrogens is 508 g/mol. The summed E-state index contributed by atoms with van der Waals surface area (Å²) in [4.78, 5) is 45.8. The summed E-state index contributed by atoms with van der Waals surface area (Å²) >= 11 is 0. The van der Waals surface area contributed by atoms with Gasteiger partial charge in [0, 0.05) is 12.1 Å². The van der Waals surface area contributed by atoms with E-state index in [0.717, 1.165) is 0 Å². The zero-order valence-electron chi connectivity index (χ0n) is 24.5. The molecule has 3 aliphatic heterocycles. The summed E-state index contributed by atoms with van der Waals surface area (Å²) in [6.45, 7) is 17.9. The highest BCUT2D eigenvalue weighted by atomic mass is 16.6. The second-order valence-electron chi connectivity index (χ2n) is 13.1. The third kappa shape index (κ3) is 5.12. The van der Waals surface area contributed by atoms with E-state index in [9.17, 15) is 19.5 Å². The normalized spacial score (nSPS) is 28.2. The summed E-state index contributed by atoms with van der Waals surface area (Å²) in [6, 6.07) is 7.39. The summed E-state index contributed by atoms with van der Waals surface area (Å²) in [5.41, 5.74) is -1.14. The van der Waals surface area contributed by atoms with Crippen molar-refractivity contribution < 1.29 is 29.0 Å². The smallest absolute Gasteiger partial charge is 0.312 e. The Morgan fingerprint density at radius 2 is 1.88 bits per heavy atom. The number of rotatable bonds is 11. The number of aliphatic hydroxyl groups is 1. The lowest BCUT2D eigenvalue weighted by Gasteiger charge is -2.46.